The molecular formula is C15H18O3. The molecule has 2 atom stereocenters. The van der Waals surface area contributed by atoms with Crippen LogP contribution in [0, 0.1) is 5.92 Å². The SMILES string of the molecule is C=CCO[C@H]1C[C@H]1CC(=O)OCc1ccccc1. The highest BCUT2D eigenvalue weighted by atomic mass is 16.5. The molecule has 18 heavy (non-hydrogen) atoms. The first-order valence-electron chi connectivity index (χ1n) is 6.21. The fourth-order valence-electron chi connectivity index (χ4n) is 1.84. The van der Waals surface area contributed by atoms with E-state index in [9.17, 15) is 4.79 Å². The molecule has 0 radical (unpaired) electrons. The van der Waals surface area contributed by atoms with E-state index in [0.29, 0.717) is 25.6 Å². The fraction of sp³-hybridized carbons (Fsp3) is 0.400. The van der Waals surface area contributed by atoms with Crippen LogP contribution in [0.15, 0.2) is 43.0 Å². The van der Waals surface area contributed by atoms with E-state index in [1.165, 1.54) is 0 Å². The van der Waals surface area contributed by atoms with Crippen LogP contribution < -0.4 is 0 Å². The lowest BCUT2D eigenvalue weighted by atomic mass is 10.2. The third kappa shape index (κ3) is 4.00. The van der Waals surface area contributed by atoms with Crippen LogP contribution in [-0.4, -0.2) is 18.7 Å². The van der Waals surface area contributed by atoms with Crippen molar-refractivity contribution in [2.24, 2.45) is 5.92 Å². The van der Waals surface area contributed by atoms with E-state index < -0.39 is 0 Å². The molecule has 1 saturated carbocycles. The van der Waals surface area contributed by atoms with Gasteiger partial charge >= 0.3 is 5.97 Å². The Labute approximate surface area is 107 Å². The summed E-state index contributed by atoms with van der Waals surface area (Å²) in [7, 11) is 0. The first kappa shape index (κ1) is 12.8. The Kier molecular flexibility index (Phi) is 4.53. The van der Waals surface area contributed by atoms with Gasteiger partial charge < -0.3 is 9.47 Å². The predicted molar refractivity (Wildman–Crippen MR) is 68.9 cm³/mol. The minimum absolute atomic E-state index is 0.145. The second-order valence-corrected chi connectivity index (χ2v) is 4.51. The fourth-order valence-corrected chi connectivity index (χ4v) is 1.84. The first-order chi connectivity index (χ1) is 8.79. The second-order valence-electron chi connectivity index (χ2n) is 4.51. The highest BCUT2D eigenvalue weighted by Crippen LogP contribution is 2.36. The minimum Gasteiger partial charge on any atom is -0.461 e. The van der Waals surface area contributed by atoms with Crippen LogP contribution in [0.5, 0.6) is 0 Å². The van der Waals surface area contributed by atoms with Gasteiger partial charge in [-0.2, -0.15) is 0 Å². The molecule has 0 amide bonds. The first-order valence-corrected chi connectivity index (χ1v) is 6.21. The van der Waals surface area contributed by atoms with Crippen LogP contribution in [0.3, 0.4) is 0 Å². The highest BCUT2D eigenvalue weighted by Gasteiger charge is 2.39. The molecule has 0 spiro atoms. The van der Waals surface area contributed by atoms with E-state index >= 15 is 0 Å². The largest absolute Gasteiger partial charge is 0.461 e. The Morgan fingerprint density at radius 2 is 2.17 bits per heavy atom. The molecule has 96 valence electrons. The zero-order chi connectivity index (χ0) is 12.8. The number of hydrogen-bond acceptors (Lipinski definition) is 3. The maximum Gasteiger partial charge on any atom is 0.306 e. The molecule has 1 aromatic carbocycles. The second kappa shape index (κ2) is 6.36. The van der Waals surface area contributed by atoms with Gasteiger partial charge in [0.25, 0.3) is 0 Å². The molecule has 3 nitrogen and oxygen atoms in total. The van der Waals surface area contributed by atoms with Gasteiger partial charge in [-0.15, -0.1) is 6.58 Å². The predicted octanol–water partition coefficient (Wildman–Crippen LogP) is 2.71. The molecule has 1 aliphatic carbocycles. The van der Waals surface area contributed by atoms with Crippen LogP contribution in [-0.2, 0) is 20.9 Å². The van der Waals surface area contributed by atoms with E-state index in [1.807, 2.05) is 30.3 Å². The van der Waals surface area contributed by atoms with Gasteiger partial charge in [0.2, 0.25) is 0 Å². The van der Waals surface area contributed by atoms with Crippen molar-refractivity contribution in [3.8, 4) is 0 Å². The van der Waals surface area contributed by atoms with Crippen molar-refractivity contribution in [3.63, 3.8) is 0 Å². The number of carbonyl (C=O) groups is 1. The smallest absolute Gasteiger partial charge is 0.306 e. The number of rotatable bonds is 7. The molecule has 0 aromatic heterocycles. The summed E-state index contributed by atoms with van der Waals surface area (Å²) in [5, 5.41) is 0. The maximum absolute atomic E-state index is 11.6. The number of benzene rings is 1. The van der Waals surface area contributed by atoms with Gasteiger partial charge in [0.15, 0.2) is 0 Å². The molecule has 1 aliphatic rings. The zero-order valence-corrected chi connectivity index (χ0v) is 10.4. The number of hydrogen-bond donors (Lipinski definition) is 0. The van der Waals surface area contributed by atoms with Crippen LogP contribution in [0.25, 0.3) is 0 Å². The van der Waals surface area contributed by atoms with E-state index in [2.05, 4.69) is 6.58 Å². The van der Waals surface area contributed by atoms with E-state index in [1.54, 1.807) is 6.08 Å². The Hall–Kier alpha value is -1.61. The Morgan fingerprint density at radius 3 is 2.89 bits per heavy atom. The summed E-state index contributed by atoms with van der Waals surface area (Å²) < 4.78 is 10.7. The van der Waals surface area contributed by atoms with Gasteiger partial charge in [-0.1, -0.05) is 36.4 Å². The lowest BCUT2D eigenvalue weighted by Crippen LogP contribution is -2.07. The summed E-state index contributed by atoms with van der Waals surface area (Å²) in [4.78, 5) is 11.6. The average molecular weight is 246 g/mol. The molecule has 3 heteroatoms. The standard InChI is InChI=1S/C15H18O3/c1-2-8-17-14-9-13(14)10-15(16)18-11-12-6-4-3-5-7-12/h2-7,13-14H,1,8-11H2/t13-,14-/m0/s1. The lowest BCUT2D eigenvalue weighted by Gasteiger charge is -2.04. The van der Waals surface area contributed by atoms with Gasteiger partial charge in [0.05, 0.1) is 19.1 Å². The Bertz CT molecular complexity index is 399. The molecule has 0 saturated heterocycles. The third-order valence-corrected chi connectivity index (χ3v) is 2.96. The number of carbonyl (C=O) groups excluding carboxylic acids is 1. The number of ether oxygens (including phenoxy) is 2. The number of esters is 1. The van der Waals surface area contributed by atoms with Crippen LogP contribution >= 0.6 is 0 Å². The molecule has 1 aromatic rings. The monoisotopic (exact) mass is 246 g/mol. The molecule has 2 rings (SSSR count). The van der Waals surface area contributed by atoms with Crippen molar-refractivity contribution in [2.45, 2.75) is 25.6 Å². The molecular weight excluding hydrogens is 228 g/mol. The quantitative estimate of drug-likeness (QED) is 0.548. The van der Waals surface area contributed by atoms with E-state index in [0.717, 1.165) is 12.0 Å². The van der Waals surface area contributed by atoms with Crippen LogP contribution in [0.1, 0.15) is 18.4 Å². The molecule has 0 heterocycles. The zero-order valence-electron chi connectivity index (χ0n) is 10.4. The topological polar surface area (TPSA) is 35.5 Å². The van der Waals surface area contributed by atoms with Crippen molar-refractivity contribution >= 4 is 5.97 Å². The Balaban J connectivity index is 1.63. The minimum atomic E-state index is -0.145. The summed E-state index contributed by atoms with van der Waals surface area (Å²) in [5.41, 5.74) is 1.01. The van der Waals surface area contributed by atoms with Crippen LogP contribution in [0.2, 0.25) is 0 Å². The van der Waals surface area contributed by atoms with E-state index in [4.69, 9.17) is 9.47 Å². The summed E-state index contributed by atoms with van der Waals surface area (Å²) in [6, 6.07) is 9.70. The molecule has 0 N–H and O–H groups in total. The third-order valence-electron chi connectivity index (χ3n) is 2.96. The van der Waals surface area contributed by atoms with Gasteiger partial charge in [-0.25, -0.2) is 0 Å². The van der Waals surface area contributed by atoms with Crippen molar-refractivity contribution in [3.05, 3.63) is 48.6 Å². The molecule has 0 bridgehead atoms. The average Bonchev–Trinajstić information content (AvgIpc) is 3.13. The highest BCUT2D eigenvalue weighted by molar-refractivity contribution is 5.70. The Morgan fingerprint density at radius 1 is 1.39 bits per heavy atom. The summed E-state index contributed by atoms with van der Waals surface area (Å²) in [6.07, 6.45) is 3.35. The molecule has 1 fully saturated rings. The maximum atomic E-state index is 11.6. The summed E-state index contributed by atoms with van der Waals surface area (Å²) in [5.74, 6) is 0.182. The van der Waals surface area contributed by atoms with Gasteiger partial charge in [-0.3, -0.25) is 4.79 Å². The molecule has 0 aliphatic heterocycles. The van der Waals surface area contributed by atoms with Gasteiger partial charge in [0.1, 0.15) is 6.61 Å². The summed E-state index contributed by atoms with van der Waals surface area (Å²) in [6.45, 7) is 4.50. The van der Waals surface area contributed by atoms with Crippen molar-refractivity contribution in [1.82, 2.24) is 0 Å². The van der Waals surface area contributed by atoms with E-state index in [-0.39, 0.29) is 12.1 Å². The van der Waals surface area contributed by atoms with Crippen molar-refractivity contribution in [1.29, 1.82) is 0 Å². The summed E-state index contributed by atoms with van der Waals surface area (Å²) >= 11 is 0. The van der Waals surface area contributed by atoms with Gasteiger partial charge in [-0.05, 0) is 17.9 Å². The van der Waals surface area contributed by atoms with Crippen molar-refractivity contribution < 1.29 is 14.3 Å². The lowest BCUT2D eigenvalue weighted by molar-refractivity contribution is -0.145. The normalized spacial score (nSPS) is 21.3. The van der Waals surface area contributed by atoms with Crippen LogP contribution in [0.4, 0.5) is 0 Å². The van der Waals surface area contributed by atoms with Crippen molar-refractivity contribution in [2.75, 3.05) is 6.61 Å². The van der Waals surface area contributed by atoms with Gasteiger partial charge in [0, 0.05) is 0 Å². The molecule has 0 unspecified atom stereocenters.